The largest absolute Gasteiger partial charge is 0.480 e. The standard InChI is InChI=1S/C14H19N3O4/c1-8(2)12(14(20)21)17-11(18)7-16-13(19)9-3-5-10(15)6-4-9/h3-6,8,12H,7,15H2,1-2H3,(H,16,19)(H,17,18)(H,20,21)/t12-/m1/s1. The summed E-state index contributed by atoms with van der Waals surface area (Å²) in [5.41, 5.74) is 6.41. The number of carbonyl (C=O) groups excluding carboxylic acids is 2. The molecule has 114 valence electrons. The first kappa shape index (κ1) is 16.5. The van der Waals surface area contributed by atoms with Crippen LogP contribution in [-0.4, -0.2) is 35.5 Å². The maximum absolute atomic E-state index is 11.8. The van der Waals surface area contributed by atoms with E-state index in [4.69, 9.17) is 10.8 Å². The summed E-state index contributed by atoms with van der Waals surface area (Å²) in [7, 11) is 0. The second-order valence-corrected chi connectivity index (χ2v) is 4.93. The SMILES string of the molecule is CC(C)[C@@H](NC(=O)CNC(=O)c1ccc(N)cc1)C(=O)O. The lowest BCUT2D eigenvalue weighted by atomic mass is 10.1. The van der Waals surface area contributed by atoms with Crippen LogP contribution in [0, 0.1) is 5.92 Å². The van der Waals surface area contributed by atoms with Gasteiger partial charge >= 0.3 is 5.97 Å². The van der Waals surface area contributed by atoms with Crippen LogP contribution < -0.4 is 16.4 Å². The minimum absolute atomic E-state index is 0.251. The van der Waals surface area contributed by atoms with Gasteiger partial charge in [0.05, 0.1) is 6.54 Å². The summed E-state index contributed by atoms with van der Waals surface area (Å²) < 4.78 is 0. The molecule has 0 fully saturated rings. The van der Waals surface area contributed by atoms with Crippen molar-refractivity contribution in [1.82, 2.24) is 10.6 Å². The topological polar surface area (TPSA) is 122 Å². The van der Waals surface area contributed by atoms with E-state index in [0.717, 1.165) is 0 Å². The van der Waals surface area contributed by atoms with E-state index in [1.807, 2.05) is 0 Å². The van der Waals surface area contributed by atoms with Gasteiger partial charge in [-0.15, -0.1) is 0 Å². The molecule has 21 heavy (non-hydrogen) atoms. The van der Waals surface area contributed by atoms with Crippen LogP contribution in [0.25, 0.3) is 0 Å². The number of anilines is 1. The van der Waals surface area contributed by atoms with Crippen molar-refractivity contribution in [2.75, 3.05) is 12.3 Å². The summed E-state index contributed by atoms with van der Waals surface area (Å²) >= 11 is 0. The Morgan fingerprint density at radius 2 is 1.76 bits per heavy atom. The third kappa shape index (κ3) is 5.13. The van der Waals surface area contributed by atoms with Gasteiger partial charge in [0, 0.05) is 11.3 Å². The number of nitrogens with two attached hydrogens (primary N) is 1. The Hall–Kier alpha value is -2.57. The van der Waals surface area contributed by atoms with Crippen LogP contribution in [0.3, 0.4) is 0 Å². The Balaban J connectivity index is 2.51. The van der Waals surface area contributed by atoms with E-state index >= 15 is 0 Å². The maximum Gasteiger partial charge on any atom is 0.326 e. The molecule has 1 atom stereocenters. The summed E-state index contributed by atoms with van der Waals surface area (Å²) in [5.74, 6) is -2.34. The molecule has 0 spiro atoms. The van der Waals surface area contributed by atoms with Crippen molar-refractivity contribution in [3.63, 3.8) is 0 Å². The minimum Gasteiger partial charge on any atom is -0.480 e. The van der Waals surface area contributed by atoms with Gasteiger partial charge in [-0.1, -0.05) is 13.8 Å². The number of aliphatic carboxylic acids is 1. The lowest BCUT2D eigenvalue weighted by Gasteiger charge is -2.18. The van der Waals surface area contributed by atoms with Gasteiger partial charge in [-0.2, -0.15) is 0 Å². The van der Waals surface area contributed by atoms with Crippen LogP contribution in [0.15, 0.2) is 24.3 Å². The van der Waals surface area contributed by atoms with Crippen molar-refractivity contribution in [3.05, 3.63) is 29.8 Å². The third-order valence-electron chi connectivity index (χ3n) is 2.83. The van der Waals surface area contributed by atoms with Gasteiger partial charge in [-0.25, -0.2) is 4.79 Å². The first-order valence-corrected chi connectivity index (χ1v) is 6.47. The maximum atomic E-state index is 11.8. The Bertz CT molecular complexity index is 526. The number of hydrogen-bond acceptors (Lipinski definition) is 4. The fourth-order valence-electron chi connectivity index (χ4n) is 1.64. The first-order chi connectivity index (χ1) is 9.81. The lowest BCUT2D eigenvalue weighted by molar-refractivity contribution is -0.142. The van der Waals surface area contributed by atoms with E-state index in [2.05, 4.69) is 10.6 Å². The number of carboxylic acid groups (broad SMARTS) is 1. The van der Waals surface area contributed by atoms with E-state index in [0.29, 0.717) is 11.3 Å². The Labute approximate surface area is 122 Å². The molecule has 0 unspecified atom stereocenters. The van der Waals surface area contributed by atoms with Gasteiger partial charge in [0.15, 0.2) is 0 Å². The van der Waals surface area contributed by atoms with Crippen molar-refractivity contribution >= 4 is 23.5 Å². The van der Waals surface area contributed by atoms with E-state index in [1.165, 1.54) is 12.1 Å². The quantitative estimate of drug-likeness (QED) is 0.559. The highest BCUT2D eigenvalue weighted by Gasteiger charge is 2.23. The van der Waals surface area contributed by atoms with E-state index in [-0.39, 0.29) is 12.5 Å². The molecule has 7 heteroatoms. The highest BCUT2D eigenvalue weighted by molar-refractivity contribution is 5.97. The van der Waals surface area contributed by atoms with Crippen LogP contribution in [0.5, 0.6) is 0 Å². The molecule has 0 aliphatic rings. The number of nitrogen functional groups attached to an aromatic ring is 1. The monoisotopic (exact) mass is 293 g/mol. The average molecular weight is 293 g/mol. The van der Waals surface area contributed by atoms with Gasteiger partial charge < -0.3 is 21.5 Å². The van der Waals surface area contributed by atoms with Gasteiger partial charge in [-0.3, -0.25) is 9.59 Å². The molecule has 1 rings (SSSR count). The first-order valence-electron chi connectivity index (χ1n) is 6.47. The van der Waals surface area contributed by atoms with Gasteiger partial charge in [-0.05, 0) is 30.2 Å². The molecule has 0 saturated carbocycles. The second kappa shape index (κ2) is 7.28. The predicted molar refractivity (Wildman–Crippen MR) is 77.6 cm³/mol. The third-order valence-corrected chi connectivity index (χ3v) is 2.83. The smallest absolute Gasteiger partial charge is 0.326 e. The molecule has 0 radical (unpaired) electrons. The number of rotatable bonds is 6. The molecule has 7 nitrogen and oxygen atoms in total. The molecule has 2 amide bonds. The second-order valence-electron chi connectivity index (χ2n) is 4.93. The highest BCUT2D eigenvalue weighted by Crippen LogP contribution is 2.05. The minimum atomic E-state index is -1.11. The van der Waals surface area contributed by atoms with Crippen molar-refractivity contribution in [3.8, 4) is 0 Å². The molecular formula is C14H19N3O4. The van der Waals surface area contributed by atoms with E-state index in [1.54, 1.807) is 26.0 Å². The van der Waals surface area contributed by atoms with Crippen molar-refractivity contribution in [1.29, 1.82) is 0 Å². The molecule has 0 aromatic heterocycles. The zero-order valence-corrected chi connectivity index (χ0v) is 11.9. The Kier molecular flexibility index (Phi) is 5.71. The Morgan fingerprint density at radius 3 is 2.24 bits per heavy atom. The van der Waals surface area contributed by atoms with Crippen molar-refractivity contribution in [2.24, 2.45) is 5.92 Å². The zero-order chi connectivity index (χ0) is 16.0. The summed E-state index contributed by atoms with van der Waals surface area (Å²) in [5, 5.41) is 13.7. The van der Waals surface area contributed by atoms with Crippen molar-refractivity contribution in [2.45, 2.75) is 19.9 Å². The zero-order valence-electron chi connectivity index (χ0n) is 11.9. The fraction of sp³-hybridized carbons (Fsp3) is 0.357. The molecule has 0 saturated heterocycles. The average Bonchev–Trinajstić information content (AvgIpc) is 2.42. The molecule has 5 N–H and O–H groups in total. The van der Waals surface area contributed by atoms with E-state index in [9.17, 15) is 14.4 Å². The van der Waals surface area contributed by atoms with Crippen LogP contribution >= 0.6 is 0 Å². The molecule has 0 aliphatic carbocycles. The molecule has 1 aromatic carbocycles. The molecule has 0 bridgehead atoms. The number of carboxylic acids is 1. The number of hydrogen-bond donors (Lipinski definition) is 4. The van der Waals surface area contributed by atoms with Crippen LogP contribution in [0.4, 0.5) is 5.69 Å². The highest BCUT2D eigenvalue weighted by atomic mass is 16.4. The molecule has 0 aliphatic heterocycles. The van der Waals surface area contributed by atoms with Gasteiger partial charge in [0.2, 0.25) is 5.91 Å². The Morgan fingerprint density at radius 1 is 1.19 bits per heavy atom. The number of carbonyl (C=O) groups is 3. The predicted octanol–water partition coefficient (Wildman–Crippen LogP) is 0.224. The van der Waals surface area contributed by atoms with Crippen molar-refractivity contribution < 1.29 is 19.5 Å². The normalized spacial score (nSPS) is 11.8. The summed E-state index contributed by atoms with van der Waals surface area (Å²) in [6.07, 6.45) is 0. The molecule has 1 aromatic rings. The van der Waals surface area contributed by atoms with E-state index < -0.39 is 23.8 Å². The molecular weight excluding hydrogens is 274 g/mol. The number of nitrogens with one attached hydrogen (secondary N) is 2. The van der Waals surface area contributed by atoms with Crippen LogP contribution in [0.2, 0.25) is 0 Å². The summed E-state index contributed by atoms with van der Waals surface area (Å²) in [6, 6.07) is 5.25. The van der Waals surface area contributed by atoms with Gasteiger partial charge in [0.1, 0.15) is 6.04 Å². The summed E-state index contributed by atoms with van der Waals surface area (Å²) in [6.45, 7) is 3.08. The van der Waals surface area contributed by atoms with Crippen LogP contribution in [-0.2, 0) is 9.59 Å². The molecule has 0 heterocycles. The summed E-state index contributed by atoms with van der Waals surface area (Å²) in [4.78, 5) is 34.4. The lowest BCUT2D eigenvalue weighted by Crippen LogP contribution is -2.48. The number of amides is 2. The van der Waals surface area contributed by atoms with Crippen LogP contribution in [0.1, 0.15) is 24.2 Å². The fourth-order valence-corrected chi connectivity index (χ4v) is 1.64. The van der Waals surface area contributed by atoms with Gasteiger partial charge in [0.25, 0.3) is 5.91 Å². The number of benzene rings is 1.